The van der Waals surface area contributed by atoms with E-state index in [-0.39, 0.29) is 30.8 Å². The minimum atomic E-state index is -3.64. The summed E-state index contributed by atoms with van der Waals surface area (Å²) in [5, 5.41) is 21.3. The first-order valence-electron chi connectivity index (χ1n) is 14.5. The van der Waals surface area contributed by atoms with Gasteiger partial charge in [-0.05, 0) is 68.1 Å². The normalized spacial score (nSPS) is 14.4. The molecule has 9 nitrogen and oxygen atoms in total. The predicted octanol–water partition coefficient (Wildman–Crippen LogP) is 3.17. The van der Waals surface area contributed by atoms with Crippen LogP contribution in [0, 0.1) is 30.9 Å². The largest absolute Gasteiger partial charge is 0.390 e. The number of nitrogens with zero attached hydrogens (tertiary/aromatic N) is 2. The molecule has 0 spiro atoms. The summed E-state index contributed by atoms with van der Waals surface area (Å²) in [5.74, 6) is -0.0992. The zero-order chi connectivity index (χ0) is 32.4. The van der Waals surface area contributed by atoms with Crippen molar-refractivity contribution in [3.05, 3.63) is 88.2 Å². The summed E-state index contributed by atoms with van der Waals surface area (Å²) in [4.78, 5) is 15.6. The number of carbonyl (C=O) groups excluding carboxylic acids is 1. The highest BCUT2D eigenvalue weighted by Crippen LogP contribution is 2.17. The summed E-state index contributed by atoms with van der Waals surface area (Å²) in [7, 11) is -3.64. The number of sulfone groups is 1. The monoisotopic (exact) mass is 629 g/mol. The van der Waals surface area contributed by atoms with Crippen molar-refractivity contribution >= 4 is 15.7 Å². The van der Waals surface area contributed by atoms with Crippen LogP contribution in [0.4, 0.5) is 8.78 Å². The highest BCUT2D eigenvalue weighted by Gasteiger charge is 2.33. The zero-order valence-corrected chi connectivity index (χ0v) is 26.1. The number of carbonyl (C=O) groups is 1. The second-order valence-electron chi connectivity index (χ2n) is 11.2. The molecule has 0 bridgehead atoms. The van der Waals surface area contributed by atoms with Crippen LogP contribution in [0.25, 0.3) is 0 Å². The van der Waals surface area contributed by atoms with Crippen molar-refractivity contribution in [2.24, 2.45) is 5.73 Å². The second-order valence-corrected chi connectivity index (χ2v) is 13.4. The molecule has 3 aromatic rings. The van der Waals surface area contributed by atoms with Gasteiger partial charge in [0.15, 0.2) is 9.84 Å². The average molecular weight is 630 g/mol. The molecule has 0 aliphatic carbocycles. The standard InChI is InChI=1S/C32H41F2N5O4S/c1-5-7-11-44(42,43)20-30(36-22(4)29-12-21(3)37-38-29)32(41)39(18-24-10-8-9-23(6-2)13-24)19-31(40)28(35)16-25-14-26(33)17-27(34)15-25/h2,8-10,12-15,17,22,28,30-31,36,40H,5,7,11,16,18-20,35H2,1,3-4H3,(H,37,38)/t22?,28-,30+,31+/m0/s1. The summed E-state index contributed by atoms with van der Waals surface area (Å²) < 4.78 is 53.7. The molecule has 1 heterocycles. The number of hydrogen-bond donors (Lipinski definition) is 4. The van der Waals surface area contributed by atoms with Crippen molar-refractivity contribution in [1.29, 1.82) is 0 Å². The van der Waals surface area contributed by atoms with Gasteiger partial charge in [0.25, 0.3) is 0 Å². The summed E-state index contributed by atoms with van der Waals surface area (Å²) in [6.07, 6.45) is 5.32. The number of terminal acetylenes is 1. The summed E-state index contributed by atoms with van der Waals surface area (Å²) in [5.41, 5.74) is 9.14. The van der Waals surface area contributed by atoms with Crippen LogP contribution in [-0.4, -0.2) is 70.8 Å². The Morgan fingerprint density at radius 2 is 1.89 bits per heavy atom. The number of halogens is 2. The molecule has 0 aliphatic heterocycles. The number of aromatic nitrogens is 2. The minimum Gasteiger partial charge on any atom is -0.390 e. The number of aliphatic hydroxyl groups is 1. The molecule has 12 heteroatoms. The Balaban J connectivity index is 1.93. The van der Waals surface area contributed by atoms with Gasteiger partial charge in [-0.2, -0.15) is 5.10 Å². The van der Waals surface area contributed by atoms with Crippen LogP contribution in [0.15, 0.2) is 48.5 Å². The van der Waals surface area contributed by atoms with Gasteiger partial charge in [-0.25, -0.2) is 17.2 Å². The third-order valence-electron chi connectivity index (χ3n) is 7.25. The number of nitrogens with one attached hydrogen (secondary N) is 2. The van der Waals surface area contributed by atoms with Crippen LogP contribution in [0.5, 0.6) is 0 Å². The van der Waals surface area contributed by atoms with Gasteiger partial charge in [0.1, 0.15) is 17.7 Å². The fourth-order valence-corrected chi connectivity index (χ4v) is 6.52. The molecular formula is C32H41F2N5O4S. The van der Waals surface area contributed by atoms with Gasteiger partial charge in [-0.3, -0.25) is 15.2 Å². The van der Waals surface area contributed by atoms with Gasteiger partial charge in [-0.1, -0.05) is 31.4 Å². The van der Waals surface area contributed by atoms with Crippen molar-refractivity contribution in [1.82, 2.24) is 20.4 Å². The van der Waals surface area contributed by atoms with Crippen molar-refractivity contribution in [2.45, 2.75) is 70.8 Å². The average Bonchev–Trinajstić information content (AvgIpc) is 3.40. The molecule has 238 valence electrons. The molecule has 0 radical (unpaired) electrons. The molecule has 1 aromatic heterocycles. The molecule has 44 heavy (non-hydrogen) atoms. The number of amides is 1. The molecule has 0 saturated carbocycles. The summed E-state index contributed by atoms with van der Waals surface area (Å²) >= 11 is 0. The predicted molar refractivity (Wildman–Crippen MR) is 166 cm³/mol. The Labute approximate surface area is 258 Å². The minimum absolute atomic E-state index is 0.00252. The highest BCUT2D eigenvalue weighted by molar-refractivity contribution is 7.91. The lowest BCUT2D eigenvalue weighted by atomic mass is 10.0. The number of aromatic amines is 1. The van der Waals surface area contributed by atoms with E-state index in [0.717, 1.165) is 23.9 Å². The Bertz CT molecular complexity index is 1540. The first kappa shape index (κ1) is 34.9. The van der Waals surface area contributed by atoms with Crippen molar-refractivity contribution in [3.63, 3.8) is 0 Å². The first-order valence-corrected chi connectivity index (χ1v) is 16.3. The number of hydrogen-bond acceptors (Lipinski definition) is 7. The van der Waals surface area contributed by atoms with Crippen LogP contribution < -0.4 is 11.1 Å². The Hall–Kier alpha value is -3.63. The van der Waals surface area contributed by atoms with Gasteiger partial charge in [0.2, 0.25) is 5.91 Å². The Morgan fingerprint density at radius 1 is 1.18 bits per heavy atom. The van der Waals surface area contributed by atoms with Gasteiger partial charge in [-0.15, -0.1) is 6.42 Å². The number of aryl methyl sites for hydroxylation is 1. The van der Waals surface area contributed by atoms with E-state index in [4.69, 9.17) is 12.2 Å². The number of benzene rings is 2. The number of H-pyrrole nitrogens is 1. The third kappa shape index (κ3) is 10.5. The second kappa shape index (κ2) is 15.9. The molecule has 0 saturated heterocycles. The molecule has 3 rings (SSSR count). The lowest BCUT2D eigenvalue weighted by molar-refractivity contribution is -0.135. The molecular weight excluding hydrogens is 588 g/mol. The fraction of sp³-hybridized carbons (Fsp3) is 0.438. The van der Waals surface area contributed by atoms with Gasteiger partial charge in [0.05, 0.1) is 29.0 Å². The number of rotatable bonds is 16. The highest BCUT2D eigenvalue weighted by atomic mass is 32.2. The molecule has 1 unspecified atom stereocenters. The van der Waals surface area contributed by atoms with Crippen molar-refractivity contribution < 1.29 is 27.1 Å². The van der Waals surface area contributed by atoms with E-state index in [0.29, 0.717) is 29.7 Å². The van der Waals surface area contributed by atoms with Crippen LogP contribution in [-0.2, 0) is 27.6 Å². The quantitative estimate of drug-likeness (QED) is 0.178. The maximum Gasteiger partial charge on any atom is 0.241 e. The number of unbranched alkanes of at least 4 members (excludes halogenated alkanes) is 1. The molecule has 1 amide bonds. The molecule has 5 N–H and O–H groups in total. The maximum absolute atomic E-state index is 14.2. The number of aliphatic hydroxyl groups excluding tert-OH is 1. The lowest BCUT2D eigenvalue weighted by Gasteiger charge is -2.32. The van der Waals surface area contributed by atoms with E-state index in [1.165, 1.54) is 4.90 Å². The van der Waals surface area contributed by atoms with Crippen molar-refractivity contribution in [2.75, 3.05) is 18.1 Å². The number of nitrogens with two attached hydrogens (primary N) is 1. The van der Waals surface area contributed by atoms with E-state index in [1.807, 2.05) is 6.92 Å². The summed E-state index contributed by atoms with van der Waals surface area (Å²) in [6.45, 7) is 5.20. The van der Waals surface area contributed by atoms with Crippen molar-refractivity contribution in [3.8, 4) is 12.3 Å². The van der Waals surface area contributed by atoms with Crippen LogP contribution in [0.2, 0.25) is 0 Å². The summed E-state index contributed by atoms with van der Waals surface area (Å²) in [6, 6.07) is 9.12. The van der Waals surface area contributed by atoms with Gasteiger partial charge < -0.3 is 15.7 Å². The SMILES string of the molecule is C#Cc1cccc(CN(C[C@@H](O)[C@@H](N)Cc2cc(F)cc(F)c2)C(=O)[C@@H](CS(=O)(=O)CCCC)NC(C)c2cc(C)n[nH]2)c1. The van der Waals surface area contributed by atoms with E-state index in [2.05, 4.69) is 21.4 Å². The van der Waals surface area contributed by atoms with E-state index < -0.39 is 57.4 Å². The van der Waals surface area contributed by atoms with E-state index >= 15 is 0 Å². The van der Waals surface area contributed by atoms with Crippen LogP contribution in [0.1, 0.15) is 60.8 Å². The van der Waals surface area contributed by atoms with E-state index in [9.17, 15) is 27.1 Å². The molecule has 4 atom stereocenters. The Kier molecular flexibility index (Phi) is 12.6. The lowest BCUT2D eigenvalue weighted by Crippen LogP contribution is -2.54. The van der Waals surface area contributed by atoms with Crippen LogP contribution >= 0.6 is 0 Å². The topological polar surface area (TPSA) is 141 Å². The van der Waals surface area contributed by atoms with Crippen LogP contribution in [0.3, 0.4) is 0 Å². The molecule has 0 aliphatic rings. The van der Waals surface area contributed by atoms with E-state index in [1.54, 1.807) is 44.2 Å². The van der Waals surface area contributed by atoms with Gasteiger partial charge in [0, 0.05) is 36.8 Å². The van der Waals surface area contributed by atoms with Gasteiger partial charge >= 0.3 is 0 Å². The fourth-order valence-electron chi connectivity index (χ4n) is 4.88. The Morgan fingerprint density at radius 3 is 2.50 bits per heavy atom. The smallest absolute Gasteiger partial charge is 0.241 e. The molecule has 0 fully saturated rings. The third-order valence-corrected chi connectivity index (χ3v) is 9.00. The molecule has 2 aromatic carbocycles. The first-order chi connectivity index (χ1) is 20.8. The zero-order valence-electron chi connectivity index (χ0n) is 25.3. The maximum atomic E-state index is 14.2.